The van der Waals surface area contributed by atoms with E-state index in [1.54, 1.807) is 23.5 Å². The Morgan fingerprint density at radius 1 is 1.27 bits per heavy atom. The number of benzene rings is 2. The second-order valence-electron chi connectivity index (χ2n) is 7.55. The number of amides is 1. The van der Waals surface area contributed by atoms with Crippen molar-refractivity contribution in [2.75, 3.05) is 13.1 Å². The van der Waals surface area contributed by atoms with E-state index in [4.69, 9.17) is 10.1 Å². The quantitative estimate of drug-likeness (QED) is 0.608. The van der Waals surface area contributed by atoms with Crippen molar-refractivity contribution >= 4 is 37.5 Å². The zero-order valence-electron chi connectivity index (χ0n) is 16.6. The fraction of sp³-hybridized carbons (Fsp3) is 0.333. The highest BCUT2D eigenvalue weighted by Crippen LogP contribution is 2.36. The van der Waals surface area contributed by atoms with Gasteiger partial charge in [0.1, 0.15) is 5.01 Å². The van der Waals surface area contributed by atoms with Gasteiger partial charge in [-0.1, -0.05) is 24.3 Å². The number of fused-ring (bicyclic) bond motifs is 1. The van der Waals surface area contributed by atoms with Crippen LogP contribution in [0, 0.1) is 0 Å². The van der Waals surface area contributed by atoms with Gasteiger partial charge in [0.15, 0.2) is 0 Å². The van der Waals surface area contributed by atoms with E-state index in [9.17, 15) is 13.2 Å². The third kappa shape index (κ3) is 4.54. The molecule has 2 atom stereocenters. The maximum atomic E-state index is 12.7. The van der Waals surface area contributed by atoms with Crippen molar-refractivity contribution in [2.24, 2.45) is 5.14 Å². The first-order chi connectivity index (χ1) is 14.3. The molecule has 0 saturated carbocycles. The Morgan fingerprint density at radius 3 is 2.70 bits per heavy atom. The minimum Gasteiger partial charge on any atom is -0.348 e. The molecule has 7 nitrogen and oxygen atoms in total. The highest BCUT2D eigenvalue weighted by molar-refractivity contribution is 7.89. The normalized spacial score (nSPS) is 18.5. The summed E-state index contributed by atoms with van der Waals surface area (Å²) in [5.41, 5.74) is 1.82. The number of hydrogen-bond acceptors (Lipinski definition) is 6. The van der Waals surface area contributed by atoms with Crippen LogP contribution in [0.1, 0.15) is 42.4 Å². The topological polar surface area (TPSA) is 105 Å². The Labute approximate surface area is 180 Å². The number of carbonyl (C=O) groups is 1. The molecule has 0 spiro atoms. The molecule has 0 unspecified atom stereocenters. The zero-order chi connectivity index (χ0) is 21.3. The molecule has 30 heavy (non-hydrogen) atoms. The van der Waals surface area contributed by atoms with Gasteiger partial charge in [-0.2, -0.15) is 0 Å². The molecular formula is C21H24N4O3S2. The van der Waals surface area contributed by atoms with Gasteiger partial charge in [-0.15, -0.1) is 11.3 Å². The van der Waals surface area contributed by atoms with Crippen LogP contribution in [0.15, 0.2) is 53.4 Å². The predicted molar refractivity (Wildman–Crippen MR) is 118 cm³/mol. The Kier molecular flexibility index (Phi) is 5.88. The van der Waals surface area contributed by atoms with Gasteiger partial charge in [0.05, 0.1) is 33.7 Å². The molecule has 1 saturated heterocycles. The molecule has 3 aromatic rings. The van der Waals surface area contributed by atoms with Crippen LogP contribution in [0.5, 0.6) is 0 Å². The average molecular weight is 445 g/mol. The monoisotopic (exact) mass is 444 g/mol. The highest BCUT2D eigenvalue weighted by Gasteiger charge is 2.30. The number of nitrogens with one attached hydrogen (secondary N) is 1. The SMILES string of the molecule is C[C@@H](NC(=O)CN1CCC[C@H]1c1nc2ccccc2s1)c1ccc(S(N)(=O)=O)cc1. The predicted octanol–water partition coefficient (Wildman–Crippen LogP) is 2.96. The Bertz CT molecular complexity index is 1130. The second-order valence-corrected chi connectivity index (χ2v) is 10.2. The first-order valence-corrected chi connectivity index (χ1v) is 12.2. The Hall–Kier alpha value is -2.33. The Morgan fingerprint density at radius 2 is 2.00 bits per heavy atom. The summed E-state index contributed by atoms with van der Waals surface area (Å²) in [4.78, 5) is 19.7. The molecule has 1 fully saturated rings. The van der Waals surface area contributed by atoms with E-state index in [0.717, 1.165) is 35.5 Å². The molecule has 2 heterocycles. The number of rotatable bonds is 6. The van der Waals surface area contributed by atoms with Gasteiger partial charge in [0.25, 0.3) is 0 Å². The van der Waals surface area contributed by atoms with Gasteiger partial charge in [-0.3, -0.25) is 9.69 Å². The third-order valence-electron chi connectivity index (χ3n) is 5.39. The number of para-hydroxylation sites is 1. The van der Waals surface area contributed by atoms with E-state index >= 15 is 0 Å². The molecule has 0 bridgehead atoms. The first-order valence-electron chi connectivity index (χ1n) is 9.83. The molecule has 2 aromatic carbocycles. The first kappa shape index (κ1) is 20.9. The summed E-state index contributed by atoms with van der Waals surface area (Å²) in [6.07, 6.45) is 2.04. The minimum absolute atomic E-state index is 0.0560. The van der Waals surface area contributed by atoms with E-state index in [1.807, 2.05) is 25.1 Å². The maximum Gasteiger partial charge on any atom is 0.238 e. The fourth-order valence-electron chi connectivity index (χ4n) is 3.83. The van der Waals surface area contributed by atoms with Crippen LogP contribution in [0.4, 0.5) is 0 Å². The van der Waals surface area contributed by atoms with E-state index < -0.39 is 10.0 Å². The minimum atomic E-state index is -3.73. The third-order valence-corrected chi connectivity index (χ3v) is 7.46. The zero-order valence-corrected chi connectivity index (χ0v) is 18.2. The number of primary sulfonamides is 1. The van der Waals surface area contributed by atoms with Gasteiger partial charge in [0, 0.05) is 0 Å². The Balaban J connectivity index is 1.40. The standard InChI is InChI=1S/C21H24N4O3S2/c1-14(15-8-10-16(11-9-15)30(22,27)28)23-20(26)13-25-12-4-6-18(25)21-24-17-5-2-3-7-19(17)29-21/h2-3,5,7-11,14,18H,4,6,12-13H2,1H3,(H,23,26)(H2,22,27,28)/t14-,18+/m1/s1. The molecule has 1 amide bonds. The van der Waals surface area contributed by atoms with Crippen molar-refractivity contribution < 1.29 is 13.2 Å². The van der Waals surface area contributed by atoms with E-state index in [0.29, 0.717) is 6.54 Å². The lowest BCUT2D eigenvalue weighted by Gasteiger charge is -2.23. The number of nitrogens with zero attached hydrogens (tertiary/aromatic N) is 2. The number of likely N-dealkylation sites (tertiary alicyclic amines) is 1. The maximum absolute atomic E-state index is 12.7. The van der Waals surface area contributed by atoms with Crippen LogP contribution in [-0.4, -0.2) is 37.3 Å². The van der Waals surface area contributed by atoms with E-state index in [2.05, 4.69) is 16.3 Å². The number of hydrogen-bond donors (Lipinski definition) is 2. The molecule has 1 aliphatic heterocycles. The molecule has 0 aliphatic carbocycles. The van der Waals surface area contributed by atoms with E-state index in [1.165, 1.54) is 16.8 Å². The van der Waals surface area contributed by atoms with Crippen molar-refractivity contribution in [1.82, 2.24) is 15.2 Å². The molecular weight excluding hydrogens is 420 g/mol. The van der Waals surface area contributed by atoms with Crippen molar-refractivity contribution in [3.05, 3.63) is 59.1 Å². The summed E-state index contributed by atoms with van der Waals surface area (Å²) in [5, 5.41) is 9.20. The second kappa shape index (κ2) is 8.43. The molecule has 4 rings (SSSR count). The van der Waals surface area contributed by atoms with Gasteiger partial charge >= 0.3 is 0 Å². The van der Waals surface area contributed by atoms with Gasteiger partial charge in [0.2, 0.25) is 15.9 Å². The summed E-state index contributed by atoms with van der Waals surface area (Å²) in [6.45, 7) is 3.05. The molecule has 3 N–H and O–H groups in total. The largest absolute Gasteiger partial charge is 0.348 e. The van der Waals surface area contributed by atoms with Crippen LogP contribution >= 0.6 is 11.3 Å². The lowest BCUT2D eigenvalue weighted by molar-refractivity contribution is -0.123. The van der Waals surface area contributed by atoms with E-state index in [-0.39, 0.29) is 22.9 Å². The van der Waals surface area contributed by atoms with Crippen molar-refractivity contribution in [3.63, 3.8) is 0 Å². The van der Waals surface area contributed by atoms with Crippen LogP contribution in [-0.2, 0) is 14.8 Å². The van der Waals surface area contributed by atoms with Gasteiger partial charge < -0.3 is 5.32 Å². The van der Waals surface area contributed by atoms with Crippen LogP contribution in [0.3, 0.4) is 0 Å². The number of sulfonamides is 1. The number of carbonyl (C=O) groups excluding carboxylic acids is 1. The summed E-state index contributed by atoms with van der Waals surface area (Å²) >= 11 is 1.70. The molecule has 158 valence electrons. The van der Waals surface area contributed by atoms with Crippen LogP contribution < -0.4 is 10.5 Å². The highest BCUT2D eigenvalue weighted by atomic mass is 32.2. The van der Waals surface area contributed by atoms with Crippen molar-refractivity contribution in [2.45, 2.75) is 36.7 Å². The summed E-state index contributed by atoms with van der Waals surface area (Å²) in [6, 6.07) is 14.3. The molecule has 0 radical (unpaired) electrons. The molecule has 1 aromatic heterocycles. The lowest BCUT2D eigenvalue weighted by atomic mass is 10.1. The molecule has 9 heteroatoms. The molecule has 1 aliphatic rings. The number of aromatic nitrogens is 1. The number of thiazole rings is 1. The smallest absolute Gasteiger partial charge is 0.238 e. The summed E-state index contributed by atoms with van der Waals surface area (Å²) in [5.74, 6) is -0.0639. The van der Waals surface area contributed by atoms with Crippen molar-refractivity contribution in [1.29, 1.82) is 0 Å². The fourth-order valence-corrected chi connectivity index (χ4v) is 5.48. The van der Waals surface area contributed by atoms with Crippen molar-refractivity contribution in [3.8, 4) is 0 Å². The summed E-state index contributed by atoms with van der Waals surface area (Å²) in [7, 11) is -3.73. The summed E-state index contributed by atoms with van der Waals surface area (Å²) < 4.78 is 23.9. The number of nitrogens with two attached hydrogens (primary N) is 1. The lowest BCUT2D eigenvalue weighted by Crippen LogP contribution is -2.38. The average Bonchev–Trinajstić information content (AvgIpc) is 3.33. The van der Waals surface area contributed by atoms with Gasteiger partial charge in [-0.05, 0) is 56.1 Å². The van der Waals surface area contributed by atoms with Gasteiger partial charge in [-0.25, -0.2) is 18.5 Å². The van der Waals surface area contributed by atoms with Crippen LogP contribution in [0.2, 0.25) is 0 Å². The van der Waals surface area contributed by atoms with Crippen LogP contribution in [0.25, 0.3) is 10.2 Å².